The Morgan fingerprint density at radius 3 is 2.50 bits per heavy atom. The second-order valence-electron chi connectivity index (χ2n) is 5.39. The third-order valence-corrected chi connectivity index (χ3v) is 4.93. The zero-order valence-electron chi connectivity index (χ0n) is 12.7. The number of ether oxygens (including phenoxy) is 2. The topological polar surface area (TPSA) is 94.8 Å². The van der Waals surface area contributed by atoms with E-state index in [9.17, 15) is 22.0 Å². The number of hydrogen-bond donors (Lipinski definition) is 1. The van der Waals surface area contributed by atoms with Gasteiger partial charge in [0.1, 0.15) is 5.58 Å². The van der Waals surface area contributed by atoms with Gasteiger partial charge in [-0.15, -0.1) is 8.78 Å². The molecule has 1 aliphatic heterocycles. The SMILES string of the molecule is O=c1ccc2cc(S(=O)(=O)Nc3ccc4c(c3)OC(F)(F)O4)ccc2o1. The highest BCUT2D eigenvalue weighted by molar-refractivity contribution is 7.92. The zero-order chi connectivity index (χ0) is 18.5. The van der Waals surface area contributed by atoms with Crippen LogP contribution in [0.15, 0.2) is 62.6 Å². The Bertz CT molecular complexity index is 1190. The Labute approximate surface area is 144 Å². The molecule has 1 aliphatic rings. The van der Waals surface area contributed by atoms with Gasteiger partial charge in [0.05, 0.1) is 10.6 Å². The molecule has 134 valence electrons. The molecule has 0 aliphatic carbocycles. The number of benzene rings is 2. The van der Waals surface area contributed by atoms with E-state index in [0.29, 0.717) is 5.39 Å². The molecule has 0 spiro atoms. The van der Waals surface area contributed by atoms with Gasteiger partial charge in [-0.25, -0.2) is 13.2 Å². The van der Waals surface area contributed by atoms with Crippen LogP contribution < -0.4 is 19.8 Å². The summed E-state index contributed by atoms with van der Waals surface area (Å²) in [6.45, 7) is 0. The average molecular weight is 381 g/mol. The lowest BCUT2D eigenvalue weighted by atomic mass is 10.2. The summed E-state index contributed by atoms with van der Waals surface area (Å²) in [5.41, 5.74) is -0.296. The van der Waals surface area contributed by atoms with E-state index < -0.39 is 21.9 Å². The first-order chi connectivity index (χ1) is 12.2. The number of fused-ring (bicyclic) bond motifs is 2. The third-order valence-electron chi connectivity index (χ3n) is 3.55. The van der Waals surface area contributed by atoms with Crippen molar-refractivity contribution in [3.8, 4) is 11.5 Å². The number of alkyl halides is 2. The first kappa shape index (κ1) is 16.3. The molecule has 0 fully saturated rings. The molecule has 10 heteroatoms. The van der Waals surface area contributed by atoms with Gasteiger partial charge in [0.15, 0.2) is 11.5 Å². The Hall–Kier alpha value is -3.14. The van der Waals surface area contributed by atoms with Crippen LogP contribution in [-0.2, 0) is 10.0 Å². The molecule has 1 aromatic heterocycles. The predicted molar refractivity (Wildman–Crippen MR) is 85.9 cm³/mol. The van der Waals surface area contributed by atoms with Crippen molar-refractivity contribution in [2.24, 2.45) is 0 Å². The molecule has 0 saturated carbocycles. The van der Waals surface area contributed by atoms with Gasteiger partial charge < -0.3 is 13.9 Å². The number of rotatable bonds is 3. The van der Waals surface area contributed by atoms with Crippen molar-refractivity contribution in [3.05, 3.63) is 59.0 Å². The number of sulfonamides is 1. The van der Waals surface area contributed by atoms with Crippen LogP contribution in [-0.4, -0.2) is 14.7 Å². The summed E-state index contributed by atoms with van der Waals surface area (Å²) in [6, 6.07) is 10.1. The molecule has 0 atom stereocenters. The summed E-state index contributed by atoms with van der Waals surface area (Å²) in [7, 11) is -4.01. The fourth-order valence-electron chi connectivity index (χ4n) is 2.44. The van der Waals surface area contributed by atoms with Gasteiger partial charge in [-0.05, 0) is 36.4 Å². The summed E-state index contributed by atoms with van der Waals surface area (Å²) in [5.74, 6) is -0.478. The lowest BCUT2D eigenvalue weighted by Gasteiger charge is -2.09. The van der Waals surface area contributed by atoms with Crippen LogP contribution in [0.4, 0.5) is 14.5 Å². The maximum atomic E-state index is 13.0. The molecule has 7 nitrogen and oxygen atoms in total. The Balaban J connectivity index is 1.66. The molecule has 0 amide bonds. The number of halogens is 2. The van der Waals surface area contributed by atoms with E-state index >= 15 is 0 Å². The first-order valence-corrected chi connectivity index (χ1v) is 8.67. The quantitative estimate of drug-likeness (QED) is 0.701. The maximum Gasteiger partial charge on any atom is 0.586 e. The second-order valence-corrected chi connectivity index (χ2v) is 7.07. The summed E-state index contributed by atoms with van der Waals surface area (Å²) in [5, 5.41) is 0.415. The molecule has 0 radical (unpaired) electrons. The van der Waals surface area contributed by atoms with E-state index in [-0.39, 0.29) is 27.7 Å². The normalized spacial score (nSPS) is 15.2. The van der Waals surface area contributed by atoms with E-state index in [1.165, 1.54) is 42.5 Å². The summed E-state index contributed by atoms with van der Waals surface area (Å²) >= 11 is 0. The number of nitrogens with one attached hydrogen (secondary N) is 1. The van der Waals surface area contributed by atoms with Crippen molar-refractivity contribution >= 4 is 26.7 Å². The molecular weight excluding hydrogens is 372 g/mol. The lowest BCUT2D eigenvalue weighted by molar-refractivity contribution is -0.286. The van der Waals surface area contributed by atoms with Gasteiger partial charge in [0.2, 0.25) is 0 Å². The van der Waals surface area contributed by atoms with Crippen LogP contribution in [0.2, 0.25) is 0 Å². The summed E-state index contributed by atoms with van der Waals surface area (Å²) < 4.78 is 66.9. The molecule has 26 heavy (non-hydrogen) atoms. The largest absolute Gasteiger partial charge is 0.586 e. The van der Waals surface area contributed by atoms with Gasteiger partial charge in [0, 0.05) is 17.5 Å². The highest BCUT2D eigenvalue weighted by Crippen LogP contribution is 2.42. The van der Waals surface area contributed by atoms with Gasteiger partial charge in [0.25, 0.3) is 10.0 Å². The van der Waals surface area contributed by atoms with Crippen molar-refractivity contribution < 1.29 is 31.1 Å². The minimum atomic E-state index is -4.01. The zero-order valence-corrected chi connectivity index (χ0v) is 13.5. The second kappa shape index (κ2) is 5.43. The maximum absolute atomic E-state index is 13.0. The molecule has 2 heterocycles. The molecule has 4 rings (SSSR count). The minimum absolute atomic E-state index is 0.0183. The summed E-state index contributed by atoms with van der Waals surface area (Å²) in [4.78, 5) is 11.1. The van der Waals surface area contributed by atoms with Crippen molar-refractivity contribution in [2.75, 3.05) is 4.72 Å². The first-order valence-electron chi connectivity index (χ1n) is 7.19. The van der Waals surface area contributed by atoms with E-state index in [1.54, 1.807) is 0 Å². The van der Waals surface area contributed by atoms with Crippen molar-refractivity contribution in [1.29, 1.82) is 0 Å². The standard InChI is InChI=1S/C16H9F2NO6S/c17-16(18)24-13-4-2-10(8-14(13)25-16)19-26(21,22)11-3-5-12-9(7-11)1-6-15(20)23-12/h1-8,19H. The van der Waals surface area contributed by atoms with Gasteiger partial charge in [-0.3, -0.25) is 4.72 Å². The lowest BCUT2D eigenvalue weighted by Crippen LogP contribution is -2.25. The van der Waals surface area contributed by atoms with Crippen LogP contribution in [0.5, 0.6) is 11.5 Å². The van der Waals surface area contributed by atoms with Crippen molar-refractivity contribution in [1.82, 2.24) is 0 Å². The predicted octanol–water partition coefficient (Wildman–Crippen LogP) is 2.92. The highest BCUT2D eigenvalue weighted by atomic mass is 32.2. The minimum Gasteiger partial charge on any atom is -0.423 e. The molecular formula is C16H9F2NO6S. The van der Waals surface area contributed by atoms with Crippen molar-refractivity contribution in [2.45, 2.75) is 11.2 Å². The monoisotopic (exact) mass is 381 g/mol. The fraction of sp³-hybridized carbons (Fsp3) is 0.0625. The van der Waals surface area contributed by atoms with E-state index in [2.05, 4.69) is 14.2 Å². The number of hydrogen-bond acceptors (Lipinski definition) is 6. The van der Waals surface area contributed by atoms with Gasteiger partial charge in [-0.2, -0.15) is 0 Å². The van der Waals surface area contributed by atoms with E-state index in [4.69, 9.17) is 4.42 Å². The fourth-order valence-corrected chi connectivity index (χ4v) is 3.53. The average Bonchev–Trinajstić information content (AvgIpc) is 2.87. The molecule has 0 unspecified atom stereocenters. The van der Waals surface area contributed by atoms with E-state index in [0.717, 1.165) is 6.07 Å². The Morgan fingerprint density at radius 1 is 0.923 bits per heavy atom. The molecule has 1 N–H and O–H groups in total. The third kappa shape index (κ3) is 2.94. The molecule has 3 aromatic rings. The smallest absolute Gasteiger partial charge is 0.423 e. The van der Waals surface area contributed by atoms with Crippen molar-refractivity contribution in [3.63, 3.8) is 0 Å². The van der Waals surface area contributed by atoms with Crippen LogP contribution in [0, 0.1) is 0 Å². The Morgan fingerprint density at radius 2 is 1.69 bits per heavy atom. The molecule has 2 aromatic carbocycles. The summed E-state index contributed by atoms with van der Waals surface area (Å²) in [6.07, 6.45) is -3.79. The molecule has 0 saturated heterocycles. The van der Waals surface area contributed by atoms with Gasteiger partial charge in [-0.1, -0.05) is 0 Å². The van der Waals surface area contributed by atoms with Crippen LogP contribution in [0.25, 0.3) is 11.0 Å². The highest BCUT2D eigenvalue weighted by Gasteiger charge is 2.43. The van der Waals surface area contributed by atoms with Gasteiger partial charge >= 0.3 is 11.9 Å². The Kier molecular flexibility index (Phi) is 3.41. The van der Waals surface area contributed by atoms with Crippen LogP contribution in [0.3, 0.4) is 0 Å². The molecule has 0 bridgehead atoms. The number of anilines is 1. The van der Waals surface area contributed by atoms with E-state index in [1.807, 2.05) is 0 Å². The van der Waals surface area contributed by atoms with Crippen LogP contribution in [0.1, 0.15) is 0 Å². The van der Waals surface area contributed by atoms with Crippen LogP contribution >= 0.6 is 0 Å².